The zero-order valence-electron chi connectivity index (χ0n) is 7.79. The van der Waals surface area contributed by atoms with Crippen molar-refractivity contribution in [2.45, 2.75) is 49.4 Å². The topological polar surface area (TPSA) is 0 Å². The van der Waals surface area contributed by atoms with Crippen LogP contribution in [0.4, 0.5) is 0 Å². The van der Waals surface area contributed by atoms with Crippen LogP contribution in [-0.4, -0.2) is 14.3 Å². The molecule has 0 aromatic rings. The first kappa shape index (κ1) is 13.4. The fourth-order valence-electron chi connectivity index (χ4n) is 1.31. The molecule has 0 aromatic carbocycles. The molecule has 0 spiro atoms. The van der Waals surface area contributed by atoms with E-state index in [0.29, 0.717) is 4.25 Å². The molecular weight excluding hydrogens is 204 g/mol. The third-order valence-electron chi connectivity index (χ3n) is 1.91. The second-order valence-corrected chi connectivity index (χ2v) is 12.2. The van der Waals surface area contributed by atoms with Crippen molar-refractivity contribution in [3.8, 4) is 0 Å². The van der Waals surface area contributed by atoms with Crippen molar-refractivity contribution in [3.05, 3.63) is 0 Å². The van der Waals surface area contributed by atoms with E-state index in [1.165, 1.54) is 10.5 Å². The van der Waals surface area contributed by atoms with Crippen molar-refractivity contribution in [2.75, 3.05) is 0 Å². The molecule has 0 rings (SSSR count). The van der Waals surface area contributed by atoms with E-state index in [1.54, 1.807) is 0 Å². The Morgan fingerprint density at radius 1 is 1.00 bits per heavy atom. The quantitative estimate of drug-likeness (QED) is 0.592. The Labute approximate surface area is 76.3 Å². The van der Waals surface area contributed by atoms with Gasteiger partial charge in [0, 0.05) is 0 Å². The van der Waals surface area contributed by atoms with E-state index in [1.807, 2.05) is 0 Å². The summed E-state index contributed by atoms with van der Waals surface area (Å²) in [5.74, 6) is 0. The second-order valence-electron chi connectivity index (χ2n) is 3.56. The summed E-state index contributed by atoms with van der Waals surface area (Å²) < 4.78 is 0.684. The molecule has 0 nitrogen and oxygen atoms in total. The maximum atomic E-state index is 2.40. The molecule has 62 valence electrons. The van der Waals surface area contributed by atoms with Crippen molar-refractivity contribution >= 4 is 14.3 Å². The van der Waals surface area contributed by atoms with Gasteiger partial charge in [0.25, 0.3) is 0 Å². The fraction of sp³-hybridized carbons (Fsp3) is 1.00. The van der Waals surface area contributed by atoms with Gasteiger partial charge in [-0.15, -0.1) is 0 Å². The normalized spacial score (nSPS) is 10.5. The fourth-order valence-corrected chi connectivity index (χ4v) is 6.81. The minimum Gasteiger partial charge on any atom is -1.00 e. The Morgan fingerprint density at radius 3 is 1.30 bits per heavy atom. The summed E-state index contributed by atoms with van der Waals surface area (Å²) in [5.41, 5.74) is 0. The molecule has 0 aliphatic heterocycles. The average molecular weight is 223 g/mol. The summed E-state index contributed by atoms with van der Waals surface area (Å²) in [7, 11) is 0. The van der Waals surface area contributed by atoms with Gasteiger partial charge in [-0.2, -0.15) is 0 Å². The molecule has 0 aromatic heterocycles. The Bertz CT molecular complexity index is 71.8. The third kappa shape index (κ3) is 4.62. The molecule has 0 radical (unpaired) electrons. The Kier molecular flexibility index (Phi) is 7.36. The van der Waals surface area contributed by atoms with Gasteiger partial charge in [-0.05, 0) is 0 Å². The van der Waals surface area contributed by atoms with Crippen LogP contribution in [0.2, 0.25) is 14.8 Å². The van der Waals surface area contributed by atoms with Crippen molar-refractivity contribution < 1.29 is 12.4 Å². The number of hydrogen-bond donors (Lipinski definition) is 0. The molecule has 0 amide bonds. The van der Waals surface area contributed by atoms with Gasteiger partial charge in [-0.1, -0.05) is 0 Å². The molecule has 0 fully saturated rings. The molecule has 0 saturated carbocycles. The predicted molar refractivity (Wildman–Crippen MR) is 46.4 cm³/mol. The van der Waals surface area contributed by atoms with E-state index >= 15 is 0 Å². The SMILES string of the molecule is C[CH2][Ge+]([CH2]C)[C](C)(C)C.[Cl-]. The number of halogens is 1. The minimum atomic E-state index is -0.637. The molecule has 0 aliphatic rings. The average Bonchev–Trinajstić information content (AvgIpc) is 1.65. The molecule has 0 saturated heterocycles. The van der Waals surface area contributed by atoms with Crippen LogP contribution in [0.5, 0.6) is 0 Å². The van der Waals surface area contributed by atoms with Gasteiger partial charge in [-0.25, -0.2) is 0 Å². The maximum absolute atomic E-state index is 2.40. The van der Waals surface area contributed by atoms with Crippen LogP contribution in [0.1, 0.15) is 34.6 Å². The second kappa shape index (κ2) is 5.48. The van der Waals surface area contributed by atoms with Crippen LogP contribution in [0, 0.1) is 0 Å². The standard InChI is InChI=1S/C8H19Ge.ClH/c1-6-9(7-2)8(3,4)5;/h6-7H2,1-5H3;1H/q+1;/p-1. The van der Waals surface area contributed by atoms with E-state index in [9.17, 15) is 0 Å². The zero-order valence-corrected chi connectivity index (χ0v) is 10.6. The van der Waals surface area contributed by atoms with E-state index in [0.717, 1.165) is 0 Å². The van der Waals surface area contributed by atoms with Gasteiger partial charge >= 0.3 is 63.7 Å². The van der Waals surface area contributed by atoms with Gasteiger partial charge < -0.3 is 12.4 Å². The minimum absolute atomic E-state index is 0. The predicted octanol–water partition coefficient (Wildman–Crippen LogP) is 0.325. The number of hydrogen-bond acceptors (Lipinski definition) is 0. The van der Waals surface area contributed by atoms with E-state index < -0.39 is 14.3 Å². The van der Waals surface area contributed by atoms with E-state index in [2.05, 4.69) is 34.6 Å². The smallest absolute Gasteiger partial charge is 1.00 e. The zero-order chi connectivity index (χ0) is 7.49. The van der Waals surface area contributed by atoms with Gasteiger partial charge in [0.15, 0.2) is 0 Å². The summed E-state index contributed by atoms with van der Waals surface area (Å²) in [4.78, 5) is 0. The van der Waals surface area contributed by atoms with Crippen LogP contribution in [0.3, 0.4) is 0 Å². The first-order chi connectivity index (χ1) is 4.02. The van der Waals surface area contributed by atoms with Gasteiger partial charge in [0.2, 0.25) is 0 Å². The monoisotopic (exact) mass is 224 g/mol. The Balaban J connectivity index is 0. The first-order valence-electron chi connectivity index (χ1n) is 3.87. The molecule has 0 N–H and O–H groups in total. The maximum Gasteiger partial charge on any atom is -1.00 e. The van der Waals surface area contributed by atoms with Crippen molar-refractivity contribution in [3.63, 3.8) is 0 Å². The largest absolute Gasteiger partial charge is 1.00 e. The third-order valence-corrected chi connectivity index (χ3v) is 9.95. The molecule has 0 atom stereocenters. The van der Waals surface area contributed by atoms with Crippen LogP contribution < -0.4 is 12.4 Å². The van der Waals surface area contributed by atoms with E-state index in [4.69, 9.17) is 0 Å². The molecular formula is C8H19ClGe. The molecule has 0 aliphatic carbocycles. The van der Waals surface area contributed by atoms with E-state index in [-0.39, 0.29) is 12.4 Å². The van der Waals surface area contributed by atoms with Crippen LogP contribution >= 0.6 is 0 Å². The van der Waals surface area contributed by atoms with Gasteiger partial charge in [0.05, 0.1) is 0 Å². The summed E-state index contributed by atoms with van der Waals surface area (Å²) in [6.07, 6.45) is 0. The molecule has 0 unspecified atom stereocenters. The summed E-state index contributed by atoms with van der Waals surface area (Å²) >= 11 is -0.637. The summed E-state index contributed by atoms with van der Waals surface area (Å²) in [6, 6.07) is 0. The Morgan fingerprint density at radius 2 is 1.30 bits per heavy atom. The molecule has 0 heterocycles. The molecule has 10 heavy (non-hydrogen) atoms. The van der Waals surface area contributed by atoms with Crippen molar-refractivity contribution in [1.82, 2.24) is 0 Å². The van der Waals surface area contributed by atoms with Crippen LogP contribution in [0.15, 0.2) is 0 Å². The van der Waals surface area contributed by atoms with Crippen LogP contribution in [-0.2, 0) is 0 Å². The molecule has 2 heteroatoms. The Hall–Kier alpha value is 0.833. The summed E-state index contributed by atoms with van der Waals surface area (Å²) in [6.45, 7) is 11.9. The van der Waals surface area contributed by atoms with Crippen molar-refractivity contribution in [1.29, 1.82) is 0 Å². The number of rotatable bonds is 2. The van der Waals surface area contributed by atoms with Gasteiger partial charge in [0.1, 0.15) is 0 Å². The molecule has 0 bridgehead atoms. The summed E-state index contributed by atoms with van der Waals surface area (Å²) in [5, 5.41) is 2.97. The first-order valence-corrected chi connectivity index (χ1v) is 7.89. The van der Waals surface area contributed by atoms with Crippen LogP contribution in [0.25, 0.3) is 0 Å². The van der Waals surface area contributed by atoms with Crippen molar-refractivity contribution in [2.24, 2.45) is 0 Å². The van der Waals surface area contributed by atoms with Gasteiger partial charge in [-0.3, -0.25) is 0 Å².